The molecule has 1 aliphatic rings. The van der Waals surface area contributed by atoms with Crippen molar-refractivity contribution in [3.63, 3.8) is 0 Å². The molecule has 1 fully saturated rings. The van der Waals surface area contributed by atoms with E-state index < -0.39 is 42.2 Å². The SMILES string of the molecule is CC(SCP(=O)(O)O)C(=O)N1CCCC[C@H]1C(=O)N[C@@H](Cc1ccc2ccccc2c1)C(N)=O. The first-order chi connectivity index (χ1) is 16.0. The minimum absolute atomic E-state index is 0.223. The van der Waals surface area contributed by atoms with Crippen molar-refractivity contribution in [1.29, 1.82) is 0 Å². The van der Waals surface area contributed by atoms with E-state index in [1.807, 2.05) is 42.5 Å². The lowest BCUT2D eigenvalue weighted by molar-refractivity contribution is -0.142. The number of thioether (sulfide) groups is 1. The van der Waals surface area contributed by atoms with Crippen molar-refractivity contribution < 1.29 is 28.7 Å². The van der Waals surface area contributed by atoms with Gasteiger partial charge in [-0.25, -0.2) is 0 Å². The maximum atomic E-state index is 13.1. The number of carbonyl (C=O) groups is 3. The van der Waals surface area contributed by atoms with E-state index in [4.69, 9.17) is 15.5 Å². The fraction of sp³-hybridized carbons (Fsp3) is 0.435. The highest BCUT2D eigenvalue weighted by molar-refractivity contribution is 8.05. The fourth-order valence-corrected chi connectivity index (χ4v) is 6.02. The van der Waals surface area contributed by atoms with E-state index in [-0.39, 0.29) is 12.3 Å². The summed E-state index contributed by atoms with van der Waals surface area (Å²) in [4.78, 5) is 57.8. The summed E-state index contributed by atoms with van der Waals surface area (Å²) in [7, 11) is -4.25. The Balaban J connectivity index is 1.69. The van der Waals surface area contributed by atoms with Gasteiger partial charge in [0.05, 0.1) is 10.7 Å². The molecule has 3 rings (SSSR count). The van der Waals surface area contributed by atoms with Crippen molar-refractivity contribution in [3.05, 3.63) is 48.0 Å². The molecule has 0 aromatic heterocycles. The van der Waals surface area contributed by atoms with Crippen LogP contribution < -0.4 is 11.1 Å². The maximum Gasteiger partial charge on any atom is 0.335 e. The lowest BCUT2D eigenvalue weighted by Crippen LogP contribution is -2.57. The van der Waals surface area contributed by atoms with Gasteiger partial charge in [0.25, 0.3) is 0 Å². The quantitative estimate of drug-likeness (QED) is 0.379. The highest BCUT2D eigenvalue weighted by Gasteiger charge is 2.36. The number of fused-ring (bicyclic) bond motifs is 1. The Morgan fingerprint density at radius 2 is 1.88 bits per heavy atom. The zero-order valence-corrected chi connectivity index (χ0v) is 20.6. The Kier molecular flexibility index (Phi) is 8.76. The van der Waals surface area contributed by atoms with Crippen molar-refractivity contribution in [3.8, 4) is 0 Å². The molecule has 3 amide bonds. The highest BCUT2D eigenvalue weighted by atomic mass is 32.2. The van der Waals surface area contributed by atoms with Crippen LogP contribution in [0.25, 0.3) is 10.8 Å². The van der Waals surface area contributed by atoms with Crippen LogP contribution in [0.5, 0.6) is 0 Å². The molecule has 3 atom stereocenters. The molecule has 1 aliphatic heterocycles. The van der Waals surface area contributed by atoms with Gasteiger partial charge >= 0.3 is 7.60 Å². The number of hydrogen-bond acceptors (Lipinski definition) is 5. The molecular weight excluding hydrogens is 477 g/mol. The molecule has 2 aromatic rings. The minimum Gasteiger partial charge on any atom is -0.368 e. The third-order valence-electron chi connectivity index (χ3n) is 5.84. The summed E-state index contributed by atoms with van der Waals surface area (Å²) in [6.07, 6.45) is 2.13. The number of carbonyl (C=O) groups excluding carboxylic acids is 3. The maximum absolute atomic E-state index is 13.1. The molecule has 9 nitrogen and oxygen atoms in total. The number of amides is 3. The van der Waals surface area contributed by atoms with E-state index in [2.05, 4.69) is 5.32 Å². The van der Waals surface area contributed by atoms with E-state index in [0.29, 0.717) is 13.0 Å². The predicted octanol–water partition coefficient (Wildman–Crippen LogP) is 1.99. The van der Waals surface area contributed by atoms with Crippen LogP contribution in [0, 0.1) is 0 Å². The van der Waals surface area contributed by atoms with E-state index in [1.165, 1.54) is 4.90 Å². The molecule has 2 aromatic carbocycles. The van der Waals surface area contributed by atoms with Gasteiger partial charge in [-0.2, -0.15) is 0 Å². The Morgan fingerprint density at radius 1 is 1.18 bits per heavy atom. The van der Waals surface area contributed by atoms with Crippen molar-refractivity contribution in [2.24, 2.45) is 5.73 Å². The van der Waals surface area contributed by atoms with Gasteiger partial charge in [-0.1, -0.05) is 42.5 Å². The Hall–Kier alpha value is -2.39. The van der Waals surface area contributed by atoms with Crippen LogP contribution in [0.15, 0.2) is 42.5 Å². The summed E-state index contributed by atoms with van der Waals surface area (Å²) in [6.45, 7) is 1.93. The van der Waals surface area contributed by atoms with Crippen LogP contribution in [0.4, 0.5) is 0 Å². The van der Waals surface area contributed by atoms with E-state index >= 15 is 0 Å². The van der Waals surface area contributed by atoms with Gasteiger partial charge in [-0.15, -0.1) is 11.8 Å². The van der Waals surface area contributed by atoms with Crippen LogP contribution >= 0.6 is 19.4 Å². The van der Waals surface area contributed by atoms with Crippen LogP contribution in [0.3, 0.4) is 0 Å². The van der Waals surface area contributed by atoms with Crippen LogP contribution in [0.1, 0.15) is 31.7 Å². The fourth-order valence-electron chi connectivity index (χ4n) is 4.07. The molecule has 1 saturated heterocycles. The van der Waals surface area contributed by atoms with Crippen molar-refractivity contribution in [2.45, 2.75) is 49.9 Å². The van der Waals surface area contributed by atoms with Gasteiger partial charge in [-0.05, 0) is 42.5 Å². The topological polar surface area (TPSA) is 150 Å². The number of primary amides is 1. The summed E-state index contributed by atoms with van der Waals surface area (Å²) in [5.74, 6) is -1.48. The first kappa shape index (κ1) is 26.2. The van der Waals surface area contributed by atoms with Crippen molar-refractivity contribution in [2.75, 3.05) is 12.0 Å². The molecule has 0 spiro atoms. The lowest BCUT2D eigenvalue weighted by atomic mass is 9.98. The average Bonchev–Trinajstić information content (AvgIpc) is 2.81. The number of nitrogens with one attached hydrogen (secondary N) is 1. The number of likely N-dealkylation sites (tertiary alicyclic amines) is 1. The highest BCUT2D eigenvalue weighted by Crippen LogP contribution is 2.40. The minimum atomic E-state index is -4.25. The van der Waals surface area contributed by atoms with E-state index in [1.54, 1.807) is 6.92 Å². The third kappa shape index (κ3) is 7.06. The van der Waals surface area contributed by atoms with Crippen LogP contribution in [-0.4, -0.2) is 61.8 Å². The second-order valence-corrected chi connectivity index (χ2v) is 11.9. The number of piperidine rings is 1. The van der Waals surface area contributed by atoms with Gasteiger partial charge < -0.3 is 25.7 Å². The van der Waals surface area contributed by atoms with Gasteiger partial charge in [0.1, 0.15) is 12.1 Å². The third-order valence-corrected chi connectivity index (χ3v) is 8.49. The molecule has 0 aliphatic carbocycles. The lowest BCUT2D eigenvalue weighted by Gasteiger charge is -2.36. The van der Waals surface area contributed by atoms with Gasteiger partial charge in [0, 0.05) is 13.0 Å². The molecule has 34 heavy (non-hydrogen) atoms. The van der Waals surface area contributed by atoms with Crippen molar-refractivity contribution in [1.82, 2.24) is 10.2 Å². The predicted molar refractivity (Wildman–Crippen MR) is 132 cm³/mol. The summed E-state index contributed by atoms with van der Waals surface area (Å²) in [5.41, 5.74) is 5.96. The Morgan fingerprint density at radius 3 is 2.56 bits per heavy atom. The summed E-state index contributed by atoms with van der Waals surface area (Å²) in [6, 6.07) is 11.9. The molecule has 1 unspecified atom stereocenters. The van der Waals surface area contributed by atoms with Gasteiger partial charge in [-0.3, -0.25) is 18.9 Å². The zero-order valence-electron chi connectivity index (χ0n) is 18.9. The Bertz CT molecular complexity index is 1110. The molecule has 5 N–H and O–H groups in total. The van der Waals surface area contributed by atoms with E-state index in [9.17, 15) is 18.9 Å². The largest absolute Gasteiger partial charge is 0.368 e. The molecule has 0 saturated carbocycles. The molecule has 11 heteroatoms. The number of nitrogens with two attached hydrogens (primary N) is 1. The zero-order chi connectivity index (χ0) is 24.9. The first-order valence-corrected chi connectivity index (χ1v) is 13.9. The number of nitrogens with zero attached hydrogens (tertiary/aromatic N) is 1. The molecule has 1 heterocycles. The summed E-state index contributed by atoms with van der Waals surface area (Å²) in [5, 5.41) is 4.08. The summed E-state index contributed by atoms with van der Waals surface area (Å²) >= 11 is 0.860. The molecule has 184 valence electrons. The molecule has 0 radical (unpaired) electrons. The van der Waals surface area contributed by atoms with Crippen LogP contribution in [-0.2, 0) is 25.4 Å². The molecular formula is C23H30N3O6PS. The standard InChI is InChI=1S/C23H30N3O6PS/c1-15(34-14-33(30,31)32)23(29)26-11-5-4-8-20(26)22(28)25-19(21(24)27)13-16-9-10-17-6-2-3-7-18(17)12-16/h2-3,6-7,9-10,12,15,19-20H,4-5,8,11,13-14H2,1H3,(H2,24,27)(H,25,28)(H2,30,31,32)/t15?,19-,20-/m0/s1. The van der Waals surface area contributed by atoms with Gasteiger partial charge in [0.2, 0.25) is 17.7 Å². The monoisotopic (exact) mass is 507 g/mol. The molecule has 0 bridgehead atoms. The number of rotatable bonds is 9. The smallest absolute Gasteiger partial charge is 0.335 e. The normalized spacial score (nSPS) is 18.3. The number of hydrogen-bond donors (Lipinski definition) is 4. The summed E-state index contributed by atoms with van der Waals surface area (Å²) < 4.78 is 11.2. The second kappa shape index (κ2) is 11.4. The van der Waals surface area contributed by atoms with Crippen molar-refractivity contribution >= 4 is 47.9 Å². The van der Waals surface area contributed by atoms with Gasteiger partial charge in [0.15, 0.2) is 0 Å². The average molecular weight is 508 g/mol. The Labute approximate surface area is 202 Å². The van der Waals surface area contributed by atoms with Crippen LogP contribution in [0.2, 0.25) is 0 Å². The number of benzene rings is 2. The van der Waals surface area contributed by atoms with E-state index in [0.717, 1.165) is 40.9 Å². The second-order valence-electron chi connectivity index (χ2n) is 8.50. The first-order valence-electron chi connectivity index (χ1n) is 11.1.